The standard InChI is InChI=1S/C15H17Br2FO2S2/c1-3-5-6-8(4-2)7-20-15(19)12-10(18)9-11(21-12)14(17)22-13(9)16/h8H,3-7H2,1-2H3/t8-/m1/s1. The molecule has 2 rings (SSSR count). The van der Waals surface area contributed by atoms with E-state index in [-0.39, 0.29) is 4.88 Å². The second-order valence-corrected chi connectivity index (χ2v) is 9.79. The zero-order valence-electron chi connectivity index (χ0n) is 12.4. The molecule has 0 unspecified atom stereocenters. The molecule has 0 fully saturated rings. The van der Waals surface area contributed by atoms with Crippen LogP contribution in [0.4, 0.5) is 4.39 Å². The third kappa shape index (κ3) is 3.91. The summed E-state index contributed by atoms with van der Waals surface area (Å²) in [6.45, 7) is 4.59. The fourth-order valence-electron chi connectivity index (χ4n) is 2.19. The zero-order valence-corrected chi connectivity index (χ0v) is 17.2. The summed E-state index contributed by atoms with van der Waals surface area (Å²) in [5.74, 6) is -0.691. The molecule has 2 nitrogen and oxygen atoms in total. The highest BCUT2D eigenvalue weighted by Crippen LogP contribution is 2.45. The highest BCUT2D eigenvalue weighted by atomic mass is 79.9. The second kappa shape index (κ2) is 8.22. The molecule has 2 aromatic heterocycles. The molecule has 0 bridgehead atoms. The van der Waals surface area contributed by atoms with Gasteiger partial charge in [0.1, 0.15) is 4.88 Å². The normalized spacial score (nSPS) is 12.8. The fraction of sp³-hybridized carbons (Fsp3) is 0.533. The molecule has 0 aromatic carbocycles. The van der Waals surface area contributed by atoms with Crippen LogP contribution in [0.15, 0.2) is 7.57 Å². The molecule has 22 heavy (non-hydrogen) atoms. The van der Waals surface area contributed by atoms with E-state index in [0.29, 0.717) is 21.7 Å². The Morgan fingerprint density at radius 1 is 1.27 bits per heavy atom. The topological polar surface area (TPSA) is 26.3 Å². The van der Waals surface area contributed by atoms with Crippen molar-refractivity contribution in [1.29, 1.82) is 0 Å². The molecule has 2 aromatic rings. The minimum absolute atomic E-state index is 0.0598. The summed E-state index contributed by atoms with van der Waals surface area (Å²) in [4.78, 5) is 12.2. The van der Waals surface area contributed by atoms with Crippen LogP contribution in [0.1, 0.15) is 49.2 Å². The Labute approximate surface area is 154 Å². The number of carbonyl (C=O) groups is 1. The molecule has 0 aliphatic carbocycles. The highest BCUT2D eigenvalue weighted by molar-refractivity contribution is 9.12. The lowest BCUT2D eigenvalue weighted by Gasteiger charge is -2.14. The number of halogens is 3. The van der Waals surface area contributed by atoms with Crippen LogP contribution < -0.4 is 0 Å². The van der Waals surface area contributed by atoms with E-state index >= 15 is 0 Å². The summed E-state index contributed by atoms with van der Waals surface area (Å²) in [5.41, 5.74) is 0. The number of esters is 1. The number of carbonyl (C=O) groups excluding carboxylic acids is 1. The van der Waals surface area contributed by atoms with Gasteiger partial charge in [0.2, 0.25) is 0 Å². The van der Waals surface area contributed by atoms with Crippen LogP contribution in [0.25, 0.3) is 10.1 Å². The monoisotopic (exact) mass is 470 g/mol. The van der Waals surface area contributed by atoms with Crippen LogP contribution in [0.2, 0.25) is 0 Å². The molecule has 0 saturated heterocycles. The van der Waals surface area contributed by atoms with Crippen molar-refractivity contribution < 1.29 is 13.9 Å². The van der Waals surface area contributed by atoms with Gasteiger partial charge in [0, 0.05) is 0 Å². The number of rotatable bonds is 7. The van der Waals surface area contributed by atoms with E-state index in [9.17, 15) is 9.18 Å². The molecule has 7 heteroatoms. The van der Waals surface area contributed by atoms with Crippen molar-refractivity contribution in [3.63, 3.8) is 0 Å². The molecule has 1 atom stereocenters. The van der Waals surface area contributed by atoms with Crippen molar-refractivity contribution >= 4 is 70.6 Å². The maximum atomic E-state index is 14.4. The predicted octanol–water partition coefficient (Wildman–Crippen LogP) is 7.00. The smallest absolute Gasteiger partial charge is 0.351 e. The van der Waals surface area contributed by atoms with E-state index < -0.39 is 11.8 Å². The fourth-order valence-corrected chi connectivity index (χ4v) is 6.63. The molecule has 0 spiro atoms. The summed E-state index contributed by atoms with van der Waals surface area (Å²) < 4.78 is 22.0. The average molecular weight is 472 g/mol. The first-order chi connectivity index (χ1) is 10.5. The predicted molar refractivity (Wildman–Crippen MR) is 98.6 cm³/mol. The van der Waals surface area contributed by atoms with E-state index in [4.69, 9.17) is 4.74 Å². The van der Waals surface area contributed by atoms with Gasteiger partial charge in [0.25, 0.3) is 0 Å². The van der Waals surface area contributed by atoms with Crippen molar-refractivity contribution in [2.24, 2.45) is 5.92 Å². The van der Waals surface area contributed by atoms with Crippen LogP contribution >= 0.6 is 54.5 Å². The first-order valence-corrected chi connectivity index (χ1v) is 10.4. The van der Waals surface area contributed by atoms with Crippen LogP contribution in [-0.2, 0) is 4.74 Å². The Morgan fingerprint density at radius 2 is 2.00 bits per heavy atom. The van der Waals surface area contributed by atoms with Gasteiger partial charge < -0.3 is 4.74 Å². The Hall–Kier alpha value is 0.0200. The Kier molecular flexibility index (Phi) is 6.86. The SMILES string of the molecule is CCCC[C@@H](CC)COC(=O)c1sc2c(Br)sc(Br)c2c1F. The van der Waals surface area contributed by atoms with Crippen molar-refractivity contribution in [1.82, 2.24) is 0 Å². The minimum Gasteiger partial charge on any atom is -0.461 e. The Morgan fingerprint density at radius 3 is 2.59 bits per heavy atom. The van der Waals surface area contributed by atoms with Gasteiger partial charge in [0.15, 0.2) is 5.82 Å². The molecule has 0 aliphatic heterocycles. The van der Waals surface area contributed by atoms with E-state index in [2.05, 4.69) is 45.7 Å². The van der Waals surface area contributed by atoms with Crippen molar-refractivity contribution in [3.05, 3.63) is 18.3 Å². The zero-order chi connectivity index (χ0) is 16.3. The van der Waals surface area contributed by atoms with Gasteiger partial charge in [-0.1, -0.05) is 33.1 Å². The van der Waals surface area contributed by atoms with E-state index in [1.165, 1.54) is 11.3 Å². The number of unbranched alkanes of at least 4 members (excludes halogenated alkanes) is 1. The number of ether oxygens (including phenoxy) is 1. The van der Waals surface area contributed by atoms with E-state index in [1.54, 1.807) is 0 Å². The lowest BCUT2D eigenvalue weighted by Crippen LogP contribution is -2.14. The van der Waals surface area contributed by atoms with E-state index in [1.807, 2.05) is 0 Å². The largest absolute Gasteiger partial charge is 0.461 e. The van der Waals surface area contributed by atoms with Gasteiger partial charge in [-0.15, -0.1) is 22.7 Å². The third-order valence-corrected chi connectivity index (χ3v) is 7.67. The molecular formula is C15H17Br2FO2S2. The molecule has 0 N–H and O–H groups in total. The molecule has 122 valence electrons. The quantitative estimate of drug-likeness (QED) is 0.406. The van der Waals surface area contributed by atoms with Gasteiger partial charge in [-0.25, -0.2) is 9.18 Å². The van der Waals surface area contributed by atoms with Gasteiger partial charge in [-0.05, 0) is 44.2 Å². The molecule has 0 saturated carbocycles. The van der Waals surface area contributed by atoms with Gasteiger partial charge >= 0.3 is 5.97 Å². The first-order valence-electron chi connectivity index (χ1n) is 7.22. The average Bonchev–Trinajstić information content (AvgIpc) is 2.98. The lowest BCUT2D eigenvalue weighted by atomic mass is 10.0. The van der Waals surface area contributed by atoms with Crippen LogP contribution in [0.5, 0.6) is 0 Å². The number of hydrogen-bond acceptors (Lipinski definition) is 4. The van der Waals surface area contributed by atoms with Crippen molar-refractivity contribution in [3.8, 4) is 0 Å². The lowest BCUT2D eigenvalue weighted by molar-refractivity contribution is 0.0429. The highest BCUT2D eigenvalue weighted by Gasteiger charge is 2.25. The maximum Gasteiger partial charge on any atom is 0.351 e. The van der Waals surface area contributed by atoms with Crippen LogP contribution in [0.3, 0.4) is 0 Å². The third-order valence-electron chi connectivity index (χ3n) is 3.58. The van der Waals surface area contributed by atoms with Crippen molar-refractivity contribution in [2.45, 2.75) is 39.5 Å². The number of fused-ring (bicyclic) bond motifs is 1. The van der Waals surface area contributed by atoms with Gasteiger partial charge in [0.05, 0.1) is 24.3 Å². The number of thiophene rings is 2. The number of hydrogen-bond donors (Lipinski definition) is 0. The molecule has 0 aliphatic rings. The van der Waals surface area contributed by atoms with Gasteiger partial charge in [-0.3, -0.25) is 0 Å². The second-order valence-electron chi connectivity index (χ2n) is 5.11. The summed E-state index contributed by atoms with van der Waals surface area (Å²) in [5, 5.41) is 0.465. The summed E-state index contributed by atoms with van der Waals surface area (Å²) in [6, 6.07) is 0. The summed E-state index contributed by atoms with van der Waals surface area (Å²) in [6.07, 6.45) is 4.26. The van der Waals surface area contributed by atoms with Crippen LogP contribution in [0, 0.1) is 11.7 Å². The Bertz CT molecular complexity index is 666. The molecule has 0 amide bonds. The van der Waals surface area contributed by atoms with Crippen LogP contribution in [-0.4, -0.2) is 12.6 Å². The van der Waals surface area contributed by atoms with Crippen molar-refractivity contribution in [2.75, 3.05) is 6.61 Å². The first kappa shape index (κ1) is 18.4. The summed E-state index contributed by atoms with van der Waals surface area (Å²) >= 11 is 9.28. The minimum atomic E-state index is -0.558. The summed E-state index contributed by atoms with van der Waals surface area (Å²) in [7, 11) is 0. The van der Waals surface area contributed by atoms with Gasteiger partial charge in [-0.2, -0.15) is 0 Å². The molecule has 0 radical (unpaired) electrons. The molecular weight excluding hydrogens is 455 g/mol. The molecule has 2 heterocycles. The maximum absolute atomic E-state index is 14.4. The Balaban J connectivity index is 2.10. The van der Waals surface area contributed by atoms with E-state index in [0.717, 1.165) is 45.5 Å².